The van der Waals surface area contributed by atoms with E-state index in [1.807, 2.05) is 0 Å². The zero-order chi connectivity index (χ0) is 14.7. The van der Waals surface area contributed by atoms with E-state index in [4.69, 9.17) is 16.3 Å². The number of rotatable bonds is 3. The van der Waals surface area contributed by atoms with E-state index in [9.17, 15) is 0 Å². The lowest BCUT2D eigenvalue weighted by Crippen LogP contribution is -2.37. The largest absolute Gasteiger partial charge is 0.378 e. The van der Waals surface area contributed by atoms with E-state index in [1.165, 1.54) is 19.3 Å². The van der Waals surface area contributed by atoms with Gasteiger partial charge in [-0.05, 0) is 30.4 Å². The molecule has 0 spiro atoms. The fourth-order valence-electron chi connectivity index (χ4n) is 3.06. The van der Waals surface area contributed by atoms with Crippen molar-refractivity contribution in [3.63, 3.8) is 0 Å². The van der Waals surface area contributed by atoms with Crippen molar-refractivity contribution in [1.29, 1.82) is 0 Å². The highest BCUT2D eigenvalue weighted by Crippen LogP contribution is 2.26. The van der Waals surface area contributed by atoms with Crippen LogP contribution in [0.3, 0.4) is 0 Å². The summed E-state index contributed by atoms with van der Waals surface area (Å²) in [5.74, 6) is 1.99. The van der Waals surface area contributed by atoms with Crippen LogP contribution >= 0.6 is 11.6 Å². The molecule has 116 valence electrons. The summed E-state index contributed by atoms with van der Waals surface area (Å²) in [6, 6.07) is 0.435. The fraction of sp³-hybridized carbons (Fsp3) is 0.786. The summed E-state index contributed by atoms with van der Waals surface area (Å²) in [6.45, 7) is 5.28. The van der Waals surface area contributed by atoms with E-state index >= 15 is 0 Å². The number of aromatic nitrogens is 3. The van der Waals surface area contributed by atoms with Crippen LogP contribution in [-0.2, 0) is 4.74 Å². The van der Waals surface area contributed by atoms with Crippen molar-refractivity contribution >= 4 is 23.5 Å². The van der Waals surface area contributed by atoms with Crippen LogP contribution in [0.5, 0.6) is 0 Å². The van der Waals surface area contributed by atoms with Gasteiger partial charge in [0.1, 0.15) is 0 Å². The molecule has 0 radical (unpaired) electrons. The molecule has 1 N–H and O–H groups in total. The highest BCUT2D eigenvalue weighted by Gasteiger charge is 2.21. The number of hydrogen-bond donors (Lipinski definition) is 1. The van der Waals surface area contributed by atoms with Crippen molar-refractivity contribution in [3.05, 3.63) is 5.28 Å². The van der Waals surface area contributed by atoms with Crippen LogP contribution in [0.2, 0.25) is 5.28 Å². The number of anilines is 2. The Kier molecular flexibility index (Phi) is 4.75. The van der Waals surface area contributed by atoms with Gasteiger partial charge in [0.15, 0.2) is 0 Å². The summed E-state index contributed by atoms with van der Waals surface area (Å²) in [4.78, 5) is 15.1. The third-order valence-electron chi connectivity index (χ3n) is 4.16. The molecule has 2 unspecified atom stereocenters. The molecular weight excluding hydrogens is 290 g/mol. The van der Waals surface area contributed by atoms with E-state index < -0.39 is 0 Å². The Bertz CT molecular complexity index is 480. The lowest BCUT2D eigenvalue weighted by molar-refractivity contribution is 0.122. The van der Waals surface area contributed by atoms with Gasteiger partial charge in [0.2, 0.25) is 17.2 Å². The normalized spacial score (nSPS) is 26.7. The van der Waals surface area contributed by atoms with E-state index in [0.29, 0.717) is 31.2 Å². The van der Waals surface area contributed by atoms with Gasteiger partial charge in [-0.15, -0.1) is 0 Å². The highest BCUT2D eigenvalue weighted by atomic mass is 35.5. The molecule has 1 saturated carbocycles. The van der Waals surface area contributed by atoms with Crippen molar-refractivity contribution in [2.75, 3.05) is 36.5 Å². The first-order valence-corrected chi connectivity index (χ1v) is 8.09. The Morgan fingerprint density at radius 1 is 1.19 bits per heavy atom. The molecule has 2 aliphatic rings. The van der Waals surface area contributed by atoms with Crippen LogP contribution < -0.4 is 10.2 Å². The van der Waals surface area contributed by atoms with Gasteiger partial charge in [-0.25, -0.2) is 0 Å². The molecule has 0 aromatic carbocycles. The SMILES string of the molecule is CC1CCCC(Nc2nc(Cl)nc(N3CCOCC3)n2)C1. The minimum Gasteiger partial charge on any atom is -0.378 e. The standard InChI is InChI=1S/C14H22ClN5O/c1-10-3-2-4-11(9-10)16-13-17-12(15)18-14(19-13)20-5-7-21-8-6-20/h10-11H,2-9H2,1H3,(H,16,17,18,19). The molecule has 0 bridgehead atoms. The molecule has 3 rings (SSSR count). The molecule has 21 heavy (non-hydrogen) atoms. The predicted molar refractivity (Wildman–Crippen MR) is 82.9 cm³/mol. The van der Waals surface area contributed by atoms with E-state index in [-0.39, 0.29) is 5.28 Å². The van der Waals surface area contributed by atoms with Gasteiger partial charge in [-0.1, -0.05) is 19.8 Å². The van der Waals surface area contributed by atoms with E-state index in [0.717, 1.165) is 25.4 Å². The molecule has 1 aliphatic heterocycles. The summed E-state index contributed by atoms with van der Waals surface area (Å²) in [5, 5.41) is 3.68. The molecule has 1 saturated heterocycles. The van der Waals surface area contributed by atoms with Gasteiger partial charge in [0.25, 0.3) is 0 Å². The quantitative estimate of drug-likeness (QED) is 0.924. The second kappa shape index (κ2) is 6.75. The van der Waals surface area contributed by atoms with Crippen LogP contribution in [0.1, 0.15) is 32.6 Å². The van der Waals surface area contributed by atoms with Crippen molar-refractivity contribution in [1.82, 2.24) is 15.0 Å². The number of morpholine rings is 1. The van der Waals surface area contributed by atoms with Gasteiger partial charge >= 0.3 is 0 Å². The Hall–Kier alpha value is -1.14. The summed E-state index contributed by atoms with van der Waals surface area (Å²) >= 11 is 6.06. The zero-order valence-electron chi connectivity index (χ0n) is 12.4. The first-order chi connectivity index (χ1) is 10.2. The van der Waals surface area contributed by atoms with Gasteiger partial charge in [-0.2, -0.15) is 15.0 Å². The molecule has 2 fully saturated rings. The van der Waals surface area contributed by atoms with E-state index in [1.54, 1.807) is 0 Å². The molecule has 0 amide bonds. The van der Waals surface area contributed by atoms with Crippen molar-refractivity contribution in [2.24, 2.45) is 5.92 Å². The first-order valence-electron chi connectivity index (χ1n) is 7.71. The Morgan fingerprint density at radius 3 is 2.76 bits per heavy atom. The fourth-order valence-corrected chi connectivity index (χ4v) is 3.21. The zero-order valence-corrected chi connectivity index (χ0v) is 13.1. The van der Waals surface area contributed by atoms with Crippen molar-refractivity contribution in [3.8, 4) is 0 Å². The van der Waals surface area contributed by atoms with Crippen LogP contribution in [0, 0.1) is 5.92 Å². The van der Waals surface area contributed by atoms with Crippen molar-refractivity contribution in [2.45, 2.75) is 38.6 Å². The maximum Gasteiger partial charge on any atom is 0.231 e. The van der Waals surface area contributed by atoms with Crippen molar-refractivity contribution < 1.29 is 4.74 Å². The van der Waals surface area contributed by atoms with Crippen LogP contribution in [0.4, 0.5) is 11.9 Å². The Balaban J connectivity index is 1.71. The number of nitrogens with zero attached hydrogens (tertiary/aromatic N) is 4. The summed E-state index contributed by atoms with van der Waals surface area (Å²) in [6.07, 6.45) is 4.90. The average molecular weight is 312 g/mol. The minimum atomic E-state index is 0.248. The van der Waals surface area contributed by atoms with Crippen LogP contribution in [-0.4, -0.2) is 47.3 Å². The van der Waals surface area contributed by atoms with Gasteiger partial charge in [0, 0.05) is 19.1 Å². The number of nitrogens with one attached hydrogen (secondary N) is 1. The number of halogens is 1. The number of ether oxygens (including phenoxy) is 1. The maximum absolute atomic E-state index is 6.06. The number of hydrogen-bond acceptors (Lipinski definition) is 6. The molecular formula is C14H22ClN5O. The molecule has 1 aromatic heterocycles. The lowest BCUT2D eigenvalue weighted by atomic mass is 9.87. The Labute approximate surface area is 130 Å². The van der Waals surface area contributed by atoms with Crippen LogP contribution in [0.25, 0.3) is 0 Å². The summed E-state index contributed by atoms with van der Waals surface area (Å²) < 4.78 is 5.35. The second-order valence-corrected chi connectivity index (χ2v) is 6.28. The van der Waals surface area contributed by atoms with Gasteiger partial charge in [-0.3, -0.25) is 0 Å². The molecule has 1 aliphatic carbocycles. The topological polar surface area (TPSA) is 63.2 Å². The van der Waals surface area contributed by atoms with E-state index in [2.05, 4.69) is 32.1 Å². The average Bonchev–Trinajstić information content (AvgIpc) is 2.47. The lowest BCUT2D eigenvalue weighted by Gasteiger charge is -2.29. The second-order valence-electron chi connectivity index (χ2n) is 5.94. The highest BCUT2D eigenvalue weighted by molar-refractivity contribution is 6.28. The summed E-state index contributed by atoms with van der Waals surface area (Å²) in [5.41, 5.74) is 0. The molecule has 2 atom stereocenters. The smallest absolute Gasteiger partial charge is 0.231 e. The first kappa shape index (κ1) is 14.8. The third-order valence-corrected chi connectivity index (χ3v) is 4.33. The third kappa shape index (κ3) is 3.95. The molecule has 7 heteroatoms. The van der Waals surface area contributed by atoms with Gasteiger partial charge < -0.3 is 15.0 Å². The molecule has 6 nitrogen and oxygen atoms in total. The van der Waals surface area contributed by atoms with Gasteiger partial charge in [0.05, 0.1) is 13.2 Å². The molecule has 1 aromatic rings. The Morgan fingerprint density at radius 2 is 2.00 bits per heavy atom. The maximum atomic E-state index is 6.06. The monoisotopic (exact) mass is 311 g/mol. The predicted octanol–water partition coefficient (Wildman–Crippen LogP) is 2.35. The molecule has 2 heterocycles. The van der Waals surface area contributed by atoms with Crippen LogP contribution in [0.15, 0.2) is 0 Å². The summed E-state index contributed by atoms with van der Waals surface area (Å²) in [7, 11) is 0. The minimum absolute atomic E-state index is 0.248.